The molecule has 4 heteroatoms. The van der Waals surface area contributed by atoms with Crippen LogP contribution >= 0.6 is 0 Å². The van der Waals surface area contributed by atoms with E-state index in [1.54, 1.807) is 0 Å². The Morgan fingerprint density at radius 2 is 1.86 bits per heavy atom. The molecule has 1 aromatic rings. The summed E-state index contributed by atoms with van der Waals surface area (Å²) in [7, 11) is 0. The first-order valence-electron chi connectivity index (χ1n) is 7.79. The summed E-state index contributed by atoms with van der Waals surface area (Å²) in [6, 6.07) is 8.53. The Hall–Kier alpha value is -1.39. The lowest BCUT2D eigenvalue weighted by atomic mass is 9.88. The number of hydrogen-bond donors (Lipinski definition) is 0. The Balaban J connectivity index is 1.84. The van der Waals surface area contributed by atoms with Crippen molar-refractivity contribution in [2.45, 2.75) is 31.7 Å². The third-order valence-electron chi connectivity index (χ3n) is 4.62. The molecule has 1 heterocycles. The van der Waals surface area contributed by atoms with Crippen LogP contribution in [0.5, 0.6) is 0 Å². The topological polar surface area (TPSA) is 38.8 Å². The minimum Gasteiger partial charge on any atom is -0.466 e. The van der Waals surface area contributed by atoms with Crippen LogP contribution in [-0.4, -0.2) is 49.3 Å². The lowest BCUT2D eigenvalue weighted by Gasteiger charge is -2.42. The van der Waals surface area contributed by atoms with Gasteiger partial charge in [-0.1, -0.05) is 24.3 Å². The molecular formula is C17H23NO3. The fraction of sp³-hybridized carbons (Fsp3) is 0.588. The van der Waals surface area contributed by atoms with Gasteiger partial charge in [-0.15, -0.1) is 0 Å². The van der Waals surface area contributed by atoms with Crippen LogP contribution in [0.15, 0.2) is 24.3 Å². The van der Waals surface area contributed by atoms with E-state index in [-0.39, 0.29) is 11.5 Å². The Kier molecular flexibility index (Phi) is 4.27. The van der Waals surface area contributed by atoms with E-state index in [9.17, 15) is 4.79 Å². The minimum absolute atomic E-state index is 0.0863. The molecule has 0 radical (unpaired) electrons. The lowest BCUT2D eigenvalue weighted by molar-refractivity contribution is -0.147. The average Bonchev–Trinajstić information content (AvgIpc) is 2.87. The van der Waals surface area contributed by atoms with E-state index in [0.717, 1.165) is 39.1 Å². The number of rotatable bonds is 4. The second-order valence-corrected chi connectivity index (χ2v) is 5.93. The largest absolute Gasteiger partial charge is 0.466 e. The van der Waals surface area contributed by atoms with Crippen molar-refractivity contribution in [1.29, 1.82) is 0 Å². The molecule has 114 valence electrons. The van der Waals surface area contributed by atoms with Gasteiger partial charge in [0.15, 0.2) is 0 Å². The fourth-order valence-corrected chi connectivity index (χ4v) is 3.65. The van der Waals surface area contributed by atoms with Gasteiger partial charge in [0.2, 0.25) is 0 Å². The van der Waals surface area contributed by atoms with Gasteiger partial charge >= 0.3 is 5.97 Å². The molecule has 1 aromatic carbocycles. The van der Waals surface area contributed by atoms with Crippen LogP contribution in [0.25, 0.3) is 0 Å². The van der Waals surface area contributed by atoms with Gasteiger partial charge in [-0.3, -0.25) is 9.69 Å². The maximum atomic E-state index is 12.1. The Morgan fingerprint density at radius 3 is 2.43 bits per heavy atom. The van der Waals surface area contributed by atoms with Crippen molar-refractivity contribution in [3.63, 3.8) is 0 Å². The van der Waals surface area contributed by atoms with Crippen molar-refractivity contribution in [2.75, 3.05) is 32.9 Å². The van der Waals surface area contributed by atoms with Gasteiger partial charge in [-0.2, -0.15) is 0 Å². The third-order valence-corrected chi connectivity index (χ3v) is 4.62. The van der Waals surface area contributed by atoms with Gasteiger partial charge in [0, 0.05) is 18.6 Å². The molecule has 0 bridgehead atoms. The zero-order chi connectivity index (χ0) is 14.7. The summed E-state index contributed by atoms with van der Waals surface area (Å²) >= 11 is 0. The quantitative estimate of drug-likeness (QED) is 0.793. The first-order chi connectivity index (χ1) is 10.2. The van der Waals surface area contributed by atoms with Gasteiger partial charge in [0.05, 0.1) is 26.2 Å². The third kappa shape index (κ3) is 2.97. The normalized spacial score (nSPS) is 21.0. The molecule has 1 saturated heterocycles. The summed E-state index contributed by atoms with van der Waals surface area (Å²) in [5.74, 6) is -0.0863. The highest BCUT2D eigenvalue weighted by Crippen LogP contribution is 2.37. The predicted octanol–water partition coefficient (Wildman–Crippen LogP) is 1.81. The number of benzene rings is 1. The van der Waals surface area contributed by atoms with E-state index in [1.165, 1.54) is 11.1 Å². The van der Waals surface area contributed by atoms with E-state index < -0.39 is 0 Å². The molecule has 1 aliphatic heterocycles. The Morgan fingerprint density at radius 1 is 1.24 bits per heavy atom. The molecule has 1 aliphatic carbocycles. The smallest absolute Gasteiger partial charge is 0.307 e. The maximum Gasteiger partial charge on any atom is 0.307 e. The van der Waals surface area contributed by atoms with E-state index in [2.05, 4.69) is 29.2 Å². The van der Waals surface area contributed by atoms with Crippen molar-refractivity contribution < 1.29 is 14.3 Å². The number of hydrogen-bond acceptors (Lipinski definition) is 4. The van der Waals surface area contributed by atoms with Crippen LogP contribution in [0.3, 0.4) is 0 Å². The average molecular weight is 289 g/mol. The molecule has 0 saturated carbocycles. The summed E-state index contributed by atoms with van der Waals surface area (Å²) in [6.45, 7) is 5.61. The van der Waals surface area contributed by atoms with Crippen LogP contribution in [-0.2, 0) is 27.1 Å². The summed E-state index contributed by atoms with van der Waals surface area (Å²) in [5.41, 5.74) is 2.61. The molecule has 21 heavy (non-hydrogen) atoms. The first kappa shape index (κ1) is 14.5. The summed E-state index contributed by atoms with van der Waals surface area (Å²) in [4.78, 5) is 14.6. The molecule has 0 spiro atoms. The highest BCUT2D eigenvalue weighted by Gasteiger charge is 2.44. The monoisotopic (exact) mass is 289 g/mol. The Labute approximate surface area is 126 Å². The molecule has 0 aromatic heterocycles. The van der Waals surface area contributed by atoms with Gasteiger partial charge < -0.3 is 9.47 Å². The van der Waals surface area contributed by atoms with Gasteiger partial charge in [-0.25, -0.2) is 0 Å². The van der Waals surface area contributed by atoms with Crippen molar-refractivity contribution in [3.05, 3.63) is 35.4 Å². The molecule has 0 atom stereocenters. The predicted molar refractivity (Wildman–Crippen MR) is 80.2 cm³/mol. The number of esters is 1. The van der Waals surface area contributed by atoms with Crippen LogP contribution in [0, 0.1) is 0 Å². The molecule has 0 amide bonds. The number of ether oxygens (including phenoxy) is 2. The number of carbonyl (C=O) groups excluding carboxylic acids is 1. The number of nitrogens with zero attached hydrogens (tertiary/aromatic N) is 1. The van der Waals surface area contributed by atoms with Gasteiger partial charge in [0.1, 0.15) is 0 Å². The molecule has 0 unspecified atom stereocenters. The van der Waals surface area contributed by atoms with Crippen LogP contribution in [0.1, 0.15) is 24.5 Å². The lowest BCUT2D eigenvalue weighted by Crippen LogP contribution is -2.55. The number of fused-ring (bicyclic) bond motifs is 1. The zero-order valence-corrected chi connectivity index (χ0v) is 12.6. The molecule has 4 nitrogen and oxygen atoms in total. The molecule has 0 N–H and O–H groups in total. The molecular weight excluding hydrogens is 266 g/mol. The Bertz CT molecular complexity index is 484. The van der Waals surface area contributed by atoms with E-state index in [1.807, 2.05) is 6.92 Å². The highest BCUT2D eigenvalue weighted by molar-refractivity contribution is 5.71. The standard InChI is InChI=1S/C17H23NO3/c1-2-21-16(19)13-17(18-7-9-20-10-8-18)11-14-5-3-4-6-15(14)12-17/h3-6H,2,7-13H2,1H3. The molecule has 1 fully saturated rings. The summed E-state index contributed by atoms with van der Waals surface area (Å²) < 4.78 is 10.7. The summed E-state index contributed by atoms with van der Waals surface area (Å²) in [5, 5.41) is 0. The van der Waals surface area contributed by atoms with Crippen molar-refractivity contribution in [1.82, 2.24) is 4.90 Å². The van der Waals surface area contributed by atoms with Crippen LogP contribution in [0.4, 0.5) is 0 Å². The zero-order valence-electron chi connectivity index (χ0n) is 12.6. The van der Waals surface area contributed by atoms with Gasteiger partial charge in [-0.05, 0) is 30.9 Å². The fourth-order valence-electron chi connectivity index (χ4n) is 3.65. The maximum absolute atomic E-state index is 12.1. The van der Waals surface area contributed by atoms with Crippen molar-refractivity contribution in [3.8, 4) is 0 Å². The van der Waals surface area contributed by atoms with Crippen LogP contribution in [0.2, 0.25) is 0 Å². The minimum atomic E-state index is -0.125. The van der Waals surface area contributed by atoms with Crippen LogP contribution < -0.4 is 0 Å². The molecule has 2 aliphatic rings. The van der Waals surface area contributed by atoms with E-state index >= 15 is 0 Å². The van der Waals surface area contributed by atoms with Crippen molar-refractivity contribution >= 4 is 5.97 Å². The number of morpholine rings is 1. The van der Waals surface area contributed by atoms with Gasteiger partial charge in [0.25, 0.3) is 0 Å². The first-order valence-corrected chi connectivity index (χ1v) is 7.79. The van der Waals surface area contributed by atoms with E-state index in [4.69, 9.17) is 9.47 Å². The van der Waals surface area contributed by atoms with E-state index in [0.29, 0.717) is 13.0 Å². The van der Waals surface area contributed by atoms with Crippen molar-refractivity contribution in [2.24, 2.45) is 0 Å². The number of carbonyl (C=O) groups is 1. The molecule has 3 rings (SSSR count). The second-order valence-electron chi connectivity index (χ2n) is 5.93. The summed E-state index contributed by atoms with van der Waals surface area (Å²) in [6.07, 6.45) is 2.33. The second kappa shape index (κ2) is 6.16. The SMILES string of the molecule is CCOC(=O)CC1(N2CCOCC2)Cc2ccccc2C1. The highest BCUT2D eigenvalue weighted by atomic mass is 16.5.